The van der Waals surface area contributed by atoms with Crippen LogP contribution >= 0.6 is 0 Å². The Kier molecular flexibility index (Phi) is 5.20. The van der Waals surface area contributed by atoms with E-state index in [-0.39, 0.29) is 5.92 Å². The number of hydrogen-bond donors (Lipinski definition) is 3. The van der Waals surface area contributed by atoms with E-state index >= 15 is 0 Å². The molecule has 0 atom stereocenters. The van der Waals surface area contributed by atoms with Gasteiger partial charge in [0.1, 0.15) is 0 Å². The number of carboxylic acids is 1. The second-order valence-corrected chi connectivity index (χ2v) is 5.82. The molecular formula is C16H23NO4. The molecule has 0 amide bonds. The number of carboxylic acid groups (broad SMARTS) is 1. The van der Waals surface area contributed by atoms with Gasteiger partial charge in [-0.1, -0.05) is 12.1 Å². The predicted molar refractivity (Wildman–Crippen MR) is 80.2 cm³/mol. The molecule has 21 heavy (non-hydrogen) atoms. The third-order valence-corrected chi connectivity index (χ3v) is 4.13. The summed E-state index contributed by atoms with van der Waals surface area (Å²) in [5, 5.41) is 22.8. The fraction of sp³-hybridized carbons (Fsp3) is 0.562. The first kappa shape index (κ1) is 15.8. The zero-order valence-corrected chi connectivity index (χ0v) is 12.3. The maximum Gasteiger partial charge on any atom is 0.306 e. The molecule has 3 N–H and O–H groups in total. The molecule has 116 valence electrons. The van der Waals surface area contributed by atoms with E-state index in [0.717, 1.165) is 11.3 Å². The molecule has 1 aromatic carbocycles. The highest BCUT2D eigenvalue weighted by Gasteiger charge is 2.35. The van der Waals surface area contributed by atoms with Crippen molar-refractivity contribution >= 4 is 11.7 Å². The number of rotatable bonds is 6. The zero-order chi connectivity index (χ0) is 15.3. The third kappa shape index (κ3) is 4.44. The lowest BCUT2D eigenvalue weighted by Gasteiger charge is -2.35. The molecule has 2 rings (SSSR count). The molecule has 1 saturated carbocycles. The number of ether oxygens (including phenoxy) is 1. The van der Waals surface area contributed by atoms with Crippen LogP contribution < -0.4 is 5.32 Å². The monoisotopic (exact) mass is 293 g/mol. The molecule has 0 radical (unpaired) electrons. The van der Waals surface area contributed by atoms with Crippen molar-refractivity contribution in [3.05, 3.63) is 29.8 Å². The van der Waals surface area contributed by atoms with Crippen LogP contribution in [0.4, 0.5) is 5.69 Å². The summed E-state index contributed by atoms with van der Waals surface area (Å²) in [6.07, 6.45) is 2.12. The van der Waals surface area contributed by atoms with Crippen molar-refractivity contribution in [2.75, 3.05) is 19.0 Å². The van der Waals surface area contributed by atoms with Crippen molar-refractivity contribution in [3.63, 3.8) is 0 Å². The van der Waals surface area contributed by atoms with Gasteiger partial charge in [-0.05, 0) is 43.4 Å². The number of hydrogen-bond acceptors (Lipinski definition) is 4. The molecule has 0 spiro atoms. The smallest absolute Gasteiger partial charge is 0.306 e. The minimum Gasteiger partial charge on any atom is -0.481 e. The molecule has 0 bridgehead atoms. The Bertz CT molecular complexity index is 481. The SMILES string of the molecule is COCc1cccc(NCC2(O)CCC(C(=O)O)CC2)c1. The van der Waals surface area contributed by atoms with Gasteiger partial charge >= 0.3 is 5.97 Å². The largest absolute Gasteiger partial charge is 0.481 e. The lowest BCUT2D eigenvalue weighted by atomic mass is 9.79. The summed E-state index contributed by atoms with van der Waals surface area (Å²) < 4.78 is 5.10. The number of aliphatic carboxylic acids is 1. The van der Waals surface area contributed by atoms with Gasteiger partial charge in [-0.25, -0.2) is 0 Å². The Labute approximate surface area is 124 Å². The van der Waals surface area contributed by atoms with Crippen molar-refractivity contribution in [1.82, 2.24) is 0 Å². The fourth-order valence-electron chi connectivity index (χ4n) is 2.78. The first-order valence-electron chi connectivity index (χ1n) is 7.29. The van der Waals surface area contributed by atoms with Crippen LogP contribution in [-0.2, 0) is 16.1 Å². The predicted octanol–water partition coefficient (Wildman–Crippen LogP) is 2.25. The average Bonchev–Trinajstić information content (AvgIpc) is 2.47. The van der Waals surface area contributed by atoms with E-state index in [1.54, 1.807) is 7.11 Å². The first-order valence-corrected chi connectivity index (χ1v) is 7.29. The van der Waals surface area contributed by atoms with E-state index in [9.17, 15) is 9.90 Å². The number of benzene rings is 1. The molecule has 0 heterocycles. The number of methoxy groups -OCH3 is 1. The van der Waals surface area contributed by atoms with Gasteiger partial charge in [0.15, 0.2) is 0 Å². The van der Waals surface area contributed by atoms with Gasteiger partial charge in [0.2, 0.25) is 0 Å². The molecule has 1 fully saturated rings. The summed E-state index contributed by atoms with van der Waals surface area (Å²) >= 11 is 0. The van der Waals surface area contributed by atoms with E-state index in [4.69, 9.17) is 9.84 Å². The Morgan fingerprint density at radius 3 is 2.76 bits per heavy atom. The molecular weight excluding hydrogens is 270 g/mol. The van der Waals surface area contributed by atoms with E-state index in [1.165, 1.54) is 0 Å². The Balaban J connectivity index is 1.88. The van der Waals surface area contributed by atoms with Gasteiger partial charge in [0.05, 0.1) is 18.1 Å². The number of anilines is 1. The number of nitrogens with one attached hydrogen (secondary N) is 1. The Hall–Kier alpha value is -1.59. The highest BCUT2D eigenvalue weighted by Crippen LogP contribution is 2.32. The van der Waals surface area contributed by atoms with Gasteiger partial charge in [-0.15, -0.1) is 0 Å². The zero-order valence-electron chi connectivity index (χ0n) is 12.3. The van der Waals surface area contributed by atoms with Crippen molar-refractivity contribution in [2.24, 2.45) is 5.92 Å². The molecule has 0 unspecified atom stereocenters. The van der Waals surface area contributed by atoms with Crippen LogP contribution in [0.3, 0.4) is 0 Å². The highest BCUT2D eigenvalue weighted by atomic mass is 16.5. The maximum absolute atomic E-state index is 10.9. The van der Waals surface area contributed by atoms with E-state index in [1.807, 2.05) is 24.3 Å². The van der Waals surface area contributed by atoms with Crippen LogP contribution in [-0.4, -0.2) is 35.4 Å². The van der Waals surface area contributed by atoms with Gasteiger partial charge < -0.3 is 20.3 Å². The van der Waals surface area contributed by atoms with Gasteiger partial charge in [0, 0.05) is 19.3 Å². The summed E-state index contributed by atoms with van der Waals surface area (Å²) in [5.41, 5.74) is 1.20. The van der Waals surface area contributed by atoms with Gasteiger partial charge in [0.25, 0.3) is 0 Å². The van der Waals surface area contributed by atoms with Gasteiger partial charge in [-0.3, -0.25) is 4.79 Å². The van der Waals surface area contributed by atoms with E-state index in [2.05, 4.69) is 5.32 Å². The van der Waals surface area contributed by atoms with Crippen molar-refractivity contribution < 1.29 is 19.7 Å². The van der Waals surface area contributed by atoms with Crippen LogP contribution in [0.2, 0.25) is 0 Å². The van der Waals surface area contributed by atoms with Crippen LogP contribution in [0.1, 0.15) is 31.2 Å². The summed E-state index contributed by atoms with van der Waals surface area (Å²) in [7, 11) is 1.66. The Morgan fingerprint density at radius 1 is 1.43 bits per heavy atom. The number of aliphatic hydroxyl groups is 1. The average molecular weight is 293 g/mol. The summed E-state index contributed by atoms with van der Waals surface area (Å²) in [6, 6.07) is 7.88. The summed E-state index contributed by atoms with van der Waals surface area (Å²) in [5.74, 6) is -1.06. The molecule has 1 aliphatic carbocycles. The molecule has 0 aliphatic heterocycles. The fourth-order valence-corrected chi connectivity index (χ4v) is 2.78. The molecule has 0 aromatic heterocycles. The lowest BCUT2D eigenvalue weighted by Crippen LogP contribution is -2.41. The minimum atomic E-state index is -0.816. The molecule has 5 heteroatoms. The topological polar surface area (TPSA) is 78.8 Å². The van der Waals surface area contributed by atoms with Crippen molar-refractivity contribution in [3.8, 4) is 0 Å². The van der Waals surface area contributed by atoms with Crippen molar-refractivity contribution in [2.45, 2.75) is 37.9 Å². The van der Waals surface area contributed by atoms with Crippen LogP contribution in [0.5, 0.6) is 0 Å². The first-order chi connectivity index (χ1) is 10.0. The van der Waals surface area contributed by atoms with Crippen LogP contribution in [0.15, 0.2) is 24.3 Å². The standard InChI is InChI=1S/C16H23NO4/c1-21-10-12-3-2-4-14(9-12)17-11-16(20)7-5-13(6-8-16)15(18)19/h2-4,9,13,17,20H,5-8,10-11H2,1H3,(H,18,19). The van der Waals surface area contributed by atoms with Crippen LogP contribution in [0, 0.1) is 5.92 Å². The molecule has 0 saturated heterocycles. The lowest BCUT2D eigenvalue weighted by molar-refractivity contribution is -0.144. The minimum absolute atomic E-state index is 0.310. The molecule has 1 aromatic rings. The van der Waals surface area contributed by atoms with E-state index < -0.39 is 11.6 Å². The quantitative estimate of drug-likeness (QED) is 0.749. The van der Waals surface area contributed by atoms with E-state index in [0.29, 0.717) is 38.8 Å². The second kappa shape index (κ2) is 6.91. The van der Waals surface area contributed by atoms with Gasteiger partial charge in [-0.2, -0.15) is 0 Å². The number of carbonyl (C=O) groups is 1. The highest BCUT2D eigenvalue weighted by molar-refractivity contribution is 5.70. The molecule has 1 aliphatic rings. The summed E-state index contributed by atoms with van der Waals surface area (Å²) in [4.78, 5) is 10.9. The normalized spacial score (nSPS) is 25.5. The second-order valence-electron chi connectivity index (χ2n) is 5.82. The summed E-state index contributed by atoms with van der Waals surface area (Å²) in [6.45, 7) is 0.996. The van der Waals surface area contributed by atoms with Crippen LogP contribution in [0.25, 0.3) is 0 Å². The molecule has 5 nitrogen and oxygen atoms in total. The van der Waals surface area contributed by atoms with Crippen molar-refractivity contribution in [1.29, 1.82) is 0 Å². The maximum atomic E-state index is 10.9. The Morgan fingerprint density at radius 2 is 2.14 bits per heavy atom. The third-order valence-electron chi connectivity index (χ3n) is 4.13.